The third-order valence-corrected chi connectivity index (χ3v) is 14.3. The van der Waals surface area contributed by atoms with Crippen LogP contribution in [0.5, 0.6) is 0 Å². The lowest BCUT2D eigenvalue weighted by molar-refractivity contribution is -0.172. The number of aliphatic hydroxyl groups is 1. The van der Waals surface area contributed by atoms with E-state index < -0.39 is 127 Å². The summed E-state index contributed by atoms with van der Waals surface area (Å²) >= 11 is 0. The summed E-state index contributed by atoms with van der Waals surface area (Å²) in [4.78, 5) is 150. The van der Waals surface area contributed by atoms with E-state index in [1.165, 1.54) is 21.6 Å². The van der Waals surface area contributed by atoms with Crippen molar-refractivity contribution in [2.75, 3.05) is 26.2 Å². The molecule has 0 unspecified atom stereocenters. The summed E-state index contributed by atoms with van der Waals surface area (Å²) in [6, 6.07) is 7.35. The maximum atomic E-state index is 15.7. The number of pyridine rings is 2. The molecule has 23 nitrogen and oxygen atoms in total. The van der Waals surface area contributed by atoms with Crippen molar-refractivity contribution in [3.8, 4) is 11.4 Å². The predicted molar refractivity (Wildman–Crippen MR) is 268 cm³/mol. The first-order chi connectivity index (χ1) is 36.7. The number of amides is 8. The number of nitrogens with two attached hydrogens (primary N) is 1. The first-order valence-corrected chi connectivity index (χ1v) is 25.0. The average Bonchev–Trinajstić information content (AvgIpc) is 3.95. The van der Waals surface area contributed by atoms with Crippen molar-refractivity contribution in [3.63, 3.8) is 0 Å². The Morgan fingerprint density at radius 3 is 2.30 bits per heavy atom. The fourth-order valence-corrected chi connectivity index (χ4v) is 10.4. The number of rotatable bonds is 22. The van der Waals surface area contributed by atoms with E-state index >= 15 is 9.18 Å². The van der Waals surface area contributed by atoms with Gasteiger partial charge in [-0.15, -0.1) is 0 Å². The second-order valence-corrected chi connectivity index (χ2v) is 19.3. The third-order valence-electron chi connectivity index (χ3n) is 14.3. The van der Waals surface area contributed by atoms with Crippen molar-refractivity contribution in [3.05, 3.63) is 110 Å². The molecule has 0 radical (unpaired) electrons. The molecule has 0 saturated carbocycles. The Balaban J connectivity index is 0.990. The summed E-state index contributed by atoms with van der Waals surface area (Å²) in [6.45, 7) is 0.691. The summed E-state index contributed by atoms with van der Waals surface area (Å²) in [6.07, 6.45) is 2.63. The van der Waals surface area contributed by atoms with Gasteiger partial charge >= 0.3 is 11.9 Å². The summed E-state index contributed by atoms with van der Waals surface area (Å²) < 4.78 is 22.4. The van der Waals surface area contributed by atoms with Gasteiger partial charge in [0.2, 0.25) is 35.4 Å². The molecule has 0 saturated heterocycles. The van der Waals surface area contributed by atoms with Crippen LogP contribution in [0.4, 0.5) is 4.39 Å². The molecule has 2 aromatic carbocycles. The van der Waals surface area contributed by atoms with E-state index in [1.807, 2.05) is 0 Å². The first-order valence-electron chi connectivity index (χ1n) is 25.0. The smallest absolute Gasteiger partial charge is 0.343 e. The molecule has 1 aliphatic carbocycles. The van der Waals surface area contributed by atoms with Gasteiger partial charge in [-0.2, -0.15) is 0 Å². The molecule has 0 spiro atoms. The van der Waals surface area contributed by atoms with Gasteiger partial charge in [0.15, 0.2) is 5.60 Å². The lowest BCUT2D eigenvalue weighted by Gasteiger charge is -2.38. The highest BCUT2D eigenvalue weighted by Gasteiger charge is 2.47. The van der Waals surface area contributed by atoms with Crippen molar-refractivity contribution in [1.29, 1.82) is 0 Å². The highest BCUT2D eigenvalue weighted by atomic mass is 19.1. The molecular weight excluding hydrogens is 1010 g/mol. The zero-order valence-electron chi connectivity index (χ0n) is 42.1. The zero-order chi connectivity index (χ0) is 55.5. The SMILES string of the molecule is CC[C@@]1(O)C(=O)OCc2c1cc1n(c2=O)Cc2c-1nc1cc(F)c(C)c3c1c2[C@@H](N(CC(N)=O)C(=O)[C@H](Cc1ccccc1)NC(=O)CNC(=O)CNC(=O)[C@@H](CC(=O)O)NC(=O)CCCCCN1C(=O)C=CC1=O)CC3. The second-order valence-electron chi connectivity index (χ2n) is 19.3. The Kier molecular flexibility index (Phi) is 16.1. The molecule has 0 fully saturated rings. The number of aryl methyl sites for hydroxylation is 1. The van der Waals surface area contributed by atoms with Crippen molar-refractivity contribution in [2.45, 2.75) is 109 Å². The van der Waals surface area contributed by atoms with E-state index in [0.717, 1.165) is 17.1 Å². The van der Waals surface area contributed by atoms with Gasteiger partial charge in [0, 0.05) is 54.1 Å². The molecule has 24 heteroatoms. The minimum absolute atomic E-state index is 0.0489. The lowest BCUT2D eigenvalue weighted by Crippen LogP contribution is -2.54. The number of carboxylic acids is 1. The number of cyclic esters (lactones) is 1. The standard InChI is InChI=1S/C53H56FN9O14/c1-3-53(76)32-19-38-48-30(24-62(38)50(73)31(32)26-77-52(53)75)47-37(14-13-29-27(2)33(54)20-34(60-48)46(29)47)63(25-39(55)64)51(74)36(18-28-10-6-4-7-11-28)59-42(67)23-56-41(66)22-57-49(72)35(21-45(70)71)58-40(65)12-8-5-9-17-61-43(68)15-16-44(61)69/h4,6-7,10-11,15-16,19-20,35-37,76H,3,5,8-9,12-14,17-18,21-26H2,1-2H3,(H2,55,64)(H,56,66)(H,57,72)(H,58,65)(H,59,67)(H,70,71)/t35-,36+,37+,53+/m1/s1. The molecule has 77 heavy (non-hydrogen) atoms. The van der Waals surface area contributed by atoms with Crippen molar-refractivity contribution in [1.82, 2.24) is 40.6 Å². The number of nitrogens with one attached hydrogen (secondary N) is 4. The van der Waals surface area contributed by atoms with E-state index in [1.54, 1.807) is 44.2 Å². The molecule has 4 aromatic rings. The van der Waals surface area contributed by atoms with Crippen LogP contribution in [0.3, 0.4) is 0 Å². The molecule has 2 aromatic heterocycles. The van der Waals surface area contributed by atoms with Crippen molar-refractivity contribution in [2.24, 2.45) is 5.73 Å². The number of carbonyl (C=O) groups excluding carboxylic acids is 9. The number of fused-ring (bicyclic) bond motifs is 5. The number of nitrogens with zero attached hydrogens (tertiary/aromatic N) is 4. The van der Waals surface area contributed by atoms with Crippen LogP contribution in [0.15, 0.2) is 59.4 Å². The normalized spacial score (nSPS) is 17.6. The zero-order valence-corrected chi connectivity index (χ0v) is 42.1. The summed E-state index contributed by atoms with van der Waals surface area (Å²) in [7, 11) is 0. The van der Waals surface area contributed by atoms with Gasteiger partial charge in [-0.05, 0) is 67.3 Å². The Bertz CT molecular complexity index is 3230. The Morgan fingerprint density at radius 2 is 1.61 bits per heavy atom. The van der Waals surface area contributed by atoms with Crippen LogP contribution in [0, 0.1) is 12.7 Å². The molecule has 0 bridgehead atoms. The van der Waals surface area contributed by atoms with E-state index in [2.05, 4.69) is 21.3 Å². The van der Waals surface area contributed by atoms with Gasteiger partial charge in [0.05, 0.1) is 61.1 Å². The Morgan fingerprint density at radius 1 is 0.909 bits per heavy atom. The van der Waals surface area contributed by atoms with Crippen LogP contribution < -0.4 is 32.6 Å². The van der Waals surface area contributed by atoms with Crippen LogP contribution >= 0.6 is 0 Å². The molecule has 8 rings (SSSR count). The lowest BCUT2D eigenvalue weighted by atomic mass is 9.80. The minimum Gasteiger partial charge on any atom is -0.481 e. The number of unbranched alkanes of at least 4 members (excludes halogenated alkanes) is 2. The van der Waals surface area contributed by atoms with Gasteiger partial charge in [-0.3, -0.25) is 52.8 Å². The summed E-state index contributed by atoms with van der Waals surface area (Å²) in [5.74, 6) is -8.89. The van der Waals surface area contributed by atoms with Gasteiger partial charge in [-0.1, -0.05) is 43.7 Å². The number of carboxylic acid groups (broad SMARTS) is 1. The summed E-state index contributed by atoms with van der Waals surface area (Å²) in [5.41, 5.74) is 6.29. The van der Waals surface area contributed by atoms with Gasteiger partial charge in [0.25, 0.3) is 17.4 Å². The van der Waals surface area contributed by atoms with Crippen LogP contribution in [0.1, 0.15) is 96.9 Å². The number of aliphatic carboxylic acids is 1. The largest absolute Gasteiger partial charge is 0.481 e. The fourth-order valence-electron chi connectivity index (χ4n) is 10.4. The van der Waals surface area contributed by atoms with Gasteiger partial charge in [-0.25, -0.2) is 14.2 Å². The highest BCUT2D eigenvalue weighted by molar-refractivity contribution is 6.12. The maximum Gasteiger partial charge on any atom is 0.343 e. The first kappa shape index (κ1) is 54.6. The molecule has 4 atom stereocenters. The van der Waals surface area contributed by atoms with Gasteiger partial charge < -0.3 is 51.4 Å². The quantitative estimate of drug-likeness (QED) is 0.0277. The predicted octanol–water partition coefficient (Wildman–Crippen LogP) is 0.233. The van der Waals surface area contributed by atoms with Gasteiger partial charge in [0.1, 0.15) is 24.5 Å². The molecule has 404 valence electrons. The van der Waals surface area contributed by atoms with Crippen LogP contribution in [-0.4, -0.2) is 127 Å². The van der Waals surface area contributed by atoms with E-state index in [0.29, 0.717) is 52.5 Å². The van der Waals surface area contributed by atoms with E-state index in [9.17, 15) is 58.2 Å². The Hall–Kier alpha value is -8.67. The number of esters is 1. The number of hydrogen-bond acceptors (Lipinski definition) is 14. The number of halogens is 1. The molecule has 4 aliphatic rings. The average molecular weight is 1060 g/mol. The van der Waals surface area contributed by atoms with E-state index in [-0.39, 0.29) is 73.2 Å². The molecule has 3 aliphatic heterocycles. The number of primary amides is 1. The molecular formula is C53H56FN9O14. The van der Waals surface area contributed by atoms with Crippen LogP contribution in [-0.2, 0) is 84.3 Å². The molecule has 5 heterocycles. The van der Waals surface area contributed by atoms with Crippen LogP contribution in [0.2, 0.25) is 0 Å². The third kappa shape index (κ3) is 11.3. The van der Waals surface area contributed by atoms with Crippen molar-refractivity contribution >= 4 is 70.1 Å². The topological polar surface area (TPSA) is 336 Å². The minimum atomic E-state index is -2.14. The summed E-state index contributed by atoms with van der Waals surface area (Å²) in [5, 5.41) is 31.0. The number of ether oxygens (including phenoxy) is 1. The maximum absolute atomic E-state index is 15.7. The van der Waals surface area contributed by atoms with Crippen LogP contribution in [0.25, 0.3) is 22.3 Å². The second kappa shape index (κ2) is 22.7. The number of benzene rings is 2. The molecule has 8 amide bonds. The number of aromatic nitrogens is 2. The number of carbonyl (C=O) groups is 10. The van der Waals surface area contributed by atoms with Crippen molar-refractivity contribution < 1.29 is 67.3 Å². The number of hydrogen-bond donors (Lipinski definition) is 7. The number of imide groups is 1. The molecule has 8 N–H and O–H groups in total. The monoisotopic (exact) mass is 1060 g/mol. The van der Waals surface area contributed by atoms with E-state index in [4.69, 9.17) is 15.5 Å². The highest BCUT2D eigenvalue weighted by Crippen LogP contribution is 2.47. The fraction of sp³-hybridized carbons (Fsp3) is 0.396. The Labute approximate surface area is 438 Å².